The van der Waals surface area contributed by atoms with Crippen LogP contribution in [0.15, 0.2) is 41.3 Å². The average molecular weight is 409 g/mol. The molecule has 1 atom stereocenters. The molecule has 0 saturated carbocycles. The van der Waals surface area contributed by atoms with Crippen LogP contribution in [0.5, 0.6) is 0 Å². The maximum atomic E-state index is 12.5. The molecule has 1 aromatic rings. The van der Waals surface area contributed by atoms with Crippen LogP contribution in [0.25, 0.3) is 0 Å². The van der Waals surface area contributed by atoms with Crippen LogP contribution in [0.4, 0.5) is 5.69 Å². The minimum absolute atomic E-state index is 0.167. The van der Waals surface area contributed by atoms with Gasteiger partial charge in [0.05, 0.1) is 11.3 Å². The molecule has 8 heteroatoms. The smallest absolute Gasteiger partial charge is 0.306 e. The van der Waals surface area contributed by atoms with E-state index in [-0.39, 0.29) is 23.8 Å². The standard InChI is InChI=1S/C20H28N2O5S/c1-3-4-13-22(2)28(25,26)18-11-9-17(10-12-18)21-19(23)15-27-20(24)14-16-7-5-6-8-16/h5,7,9-12,16H,3-4,6,8,13-15H2,1-2H3,(H,21,23)/t16-/m1/s1. The van der Waals surface area contributed by atoms with Gasteiger partial charge < -0.3 is 10.1 Å². The van der Waals surface area contributed by atoms with Gasteiger partial charge in [-0.3, -0.25) is 9.59 Å². The molecule has 154 valence electrons. The molecule has 0 saturated heterocycles. The topological polar surface area (TPSA) is 92.8 Å². The Hall–Kier alpha value is -2.19. The van der Waals surface area contributed by atoms with Gasteiger partial charge in [0.1, 0.15) is 0 Å². The fraction of sp³-hybridized carbons (Fsp3) is 0.500. The number of unbranched alkanes of at least 4 members (excludes halogenated alkanes) is 1. The van der Waals surface area contributed by atoms with E-state index in [0.29, 0.717) is 12.2 Å². The summed E-state index contributed by atoms with van der Waals surface area (Å²) in [4.78, 5) is 23.8. The summed E-state index contributed by atoms with van der Waals surface area (Å²) < 4.78 is 31.3. The van der Waals surface area contributed by atoms with Crippen molar-refractivity contribution >= 4 is 27.6 Å². The number of hydrogen-bond acceptors (Lipinski definition) is 5. The number of carbonyl (C=O) groups is 2. The molecule has 1 N–H and O–H groups in total. The van der Waals surface area contributed by atoms with Crippen molar-refractivity contribution in [1.29, 1.82) is 0 Å². The Kier molecular flexibility index (Phi) is 8.19. The maximum absolute atomic E-state index is 12.5. The number of benzene rings is 1. The van der Waals surface area contributed by atoms with Gasteiger partial charge in [0.15, 0.2) is 6.61 Å². The molecule has 0 spiro atoms. The molecule has 1 aromatic carbocycles. The van der Waals surface area contributed by atoms with Crippen molar-refractivity contribution in [2.24, 2.45) is 5.92 Å². The number of carbonyl (C=O) groups excluding carboxylic acids is 2. The number of sulfonamides is 1. The molecule has 28 heavy (non-hydrogen) atoms. The number of nitrogens with one attached hydrogen (secondary N) is 1. The molecule has 0 heterocycles. The molecule has 7 nitrogen and oxygen atoms in total. The quantitative estimate of drug-likeness (QED) is 0.475. The monoisotopic (exact) mass is 408 g/mol. The molecular formula is C20H28N2O5S. The van der Waals surface area contributed by atoms with Gasteiger partial charge in [-0.05, 0) is 49.4 Å². The zero-order valence-electron chi connectivity index (χ0n) is 16.4. The van der Waals surface area contributed by atoms with E-state index >= 15 is 0 Å². The van der Waals surface area contributed by atoms with Crippen LogP contribution < -0.4 is 5.32 Å². The highest BCUT2D eigenvalue weighted by Gasteiger charge is 2.20. The summed E-state index contributed by atoms with van der Waals surface area (Å²) in [6.07, 6.45) is 7.92. The third-order valence-corrected chi connectivity index (χ3v) is 6.45. The van der Waals surface area contributed by atoms with Gasteiger partial charge in [0.2, 0.25) is 10.0 Å². The lowest BCUT2D eigenvalue weighted by molar-refractivity contribution is -0.147. The number of amides is 1. The Bertz CT molecular complexity index is 802. The van der Waals surface area contributed by atoms with Crippen molar-refractivity contribution < 1.29 is 22.7 Å². The minimum atomic E-state index is -3.54. The molecule has 0 radical (unpaired) electrons. The Morgan fingerprint density at radius 1 is 1.25 bits per heavy atom. The van der Waals surface area contributed by atoms with Crippen LogP contribution in [-0.4, -0.2) is 44.8 Å². The summed E-state index contributed by atoms with van der Waals surface area (Å²) in [6.45, 7) is 2.09. The van der Waals surface area contributed by atoms with E-state index < -0.39 is 21.9 Å². The molecule has 1 aliphatic carbocycles. The van der Waals surface area contributed by atoms with Crippen molar-refractivity contribution in [1.82, 2.24) is 4.31 Å². The molecule has 1 amide bonds. The van der Waals surface area contributed by atoms with Crippen LogP contribution in [0.2, 0.25) is 0 Å². The first-order chi connectivity index (χ1) is 13.3. The highest BCUT2D eigenvalue weighted by molar-refractivity contribution is 7.89. The minimum Gasteiger partial charge on any atom is -0.456 e. The second-order valence-corrected chi connectivity index (χ2v) is 8.93. The highest BCUT2D eigenvalue weighted by Crippen LogP contribution is 2.21. The SMILES string of the molecule is CCCCN(C)S(=O)(=O)c1ccc(NC(=O)COC(=O)C[C@@H]2C=CCC2)cc1. The summed E-state index contributed by atoms with van der Waals surface area (Å²) in [5.74, 6) is -0.672. The number of nitrogens with zero attached hydrogens (tertiary/aromatic N) is 1. The Balaban J connectivity index is 1.83. The number of hydrogen-bond donors (Lipinski definition) is 1. The van der Waals surface area contributed by atoms with E-state index in [1.165, 1.54) is 28.6 Å². The van der Waals surface area contributed by atoms with Gasteiger partial charge in [0, 0.05) is 19.3 Å². The number of allylic oxidation sites excluding steroid dienone is 2. The fourth-order valence-corrected chi connectivity index (χ4v) is 4.08. The van der Waals surface area contributed by atoms with Gasteiger partial charge >= 0.3 is 5.97 Å². The van der Waals surface area contributed by atoms with Gasteiger partial charge in [-0.15, -0.1) is 0 Å². The number of anilines is 1. The summed E-state index contributed by atoms with van der Waals surface area (Å²) in [5.41, 5.74) is 0.440. The number of esters is 1. The second-order valence-electron chi connectivity index (χ2n) is 6.88. The summed E-state index contributed by atoms with van der Waals surface area (Å²) >= 11 is 0. The zero-order chi connectivity index (χ0) is 20.6. The van der Waals surface area contributed by atoms with E-state index in [9.17, 15) is 18.0 Å². The summed E-state index contributed by atoms with van der Waals surface area (Å²) in [7, 11) is -1.99. The Labute approximate surface area is 166 Å². The molecule has 0 aliphatic heterocycles. The van der Waals surface area contributed by atoms with Crippen molar-refractivity contribution in [3.8, 4) is 0 Å². The van der Waals surface area contributed by atoms with E-state index in [2.05, 4.69) is 5.32 Å². The lowest BCUT2D eigenvalue weighted by Gasteiger charge is -2.17. The van der Waals surface area contributed by atoms with E-state index in [1.54, 1.807) is 7.05 Å². The largest absolute Gasteiger partial charge is 0.456 e. The van der Waals surface area contributed by atoms with Crippen molar-refractivity contribution in [3.63, 3.8) is 0 Å². The van der Waals surface area contributed by atoms with Crippen molar-refractivity contribution in [3.05, 3.63) is 36.4 Å². The highest BCUT2D eigenvalue weighted by atomic mass is 32.2. The van der Waals surface area contributed by atoms with Crippen molar-refractivity contribution in [2.75, 3.05) is 25.5 Å². The third kappa shape index (κ3) is 6.45. The summed E-state index contributed by atoms with van der Waals surface area (Å²) in [5, 5.41) is 2.59. The Morgan fingerprint density at radius 3 is 2.57 bits per heavy atom. The first-order valence-electron chi connectivity index (χ1n) is 9.51. The van der Waals surface area contributed by atoms with E-state index in [0.717, 1.165) is 25.7 Å². The molecular weight excluding hydrogens is 380 g/mol. The Morgan fingerprint density at radius 2 is 1.96 bits per heavy atom. The molecule has 0 aromatic heterocycles. The normalized spacial score (nSPS) is 16.3. The molecule has 0 fully saturated rings. The van der Waals surface area contributed by atoms with Crippen LogP contribution in [0.1, 0.15) is 39.0 Å². The van der Waals surface area contributed by atoms with Gasteiger partial charge in [-0.1, -0.05) is 25.5 Å². The molecule has 0 bridgehead atoms. The van der Waals surface area contributed by atoms with E-state index in [1.807, 2.05) is 19.1 Å². The van der Waals surface area contributed by atoms with Crippen LogP contribution in [-0.2, 0) is 24.3 Å². The maximum Gasteiger partial charge on any atom is 0.306 e. The zero-order valence-corrected chi connectivity index (χ0v) is 17.2. The average Bonchev–Trinajstić information content (AvgIpc) is 3.17. The van der Waals surface area contributed by atoms with E-state index in [4.69, 9.17) is 4.74 Å². The molecule has 1 aliphatic rings. The predicted octanol–water partition coefficient (Wildman–Crippen LogP) is 2.95. The van der Waals surface area contributed by atoms with Gasteiger partial charge in [0.25, 0.3) is 5.91 Å². The molecule has 2 rings (SSSR count). The van der Waals surface area contributed by atoms with Crippen LogP contribution >= 0.6 is 0 Å². The first-order valence-corrected chi connectivity index (χ1v) is 11.0. The van der Waals surface area contributed by atoms with Crippen LogP contribution in [0.3, 0.4) is 0 Å². The number of ether oxygens (including phenoxy) is 1. The third-order valence-electron chi connectivity index (χ3n) is 4.58. The summed E-state index contributed by atoms with van der Waals surface area (Å²) in [6, 6.07) is 5.94. The lowest BCUT2D eigenvalue weighted by atomic mass is 10.1. The van der Waals surface area contributed by atoms with Gasteiger partial charge in [-0.25, -0.2) is 12.7 Å². The van der Waals surface area contributed by atoms with Crippen molar-refractivity contribution in [2.45, 2.75) is 43.9 Å². The van der Waals surface area contributed by atoms with Gasteiger partial charge in [-0.2, -0.15) is 0 Å². The van der Waals surface area contributed by atoms with Crippen LogP contribution in [0, 0.1) is 5.92 Å². The first kappa shape index (κ1) is 22.1. The fourth-order valence-electron chi connectivity index (χ4n) is 2.87. The number of rotatable bonds is 10. The molecule has 0 unspecified atom stereocenters. The second kappa shape index (κ2) is 10.4. The predicted molar refractivity (Wildman–Crippen MR) is 107 cm³/mol. The lowest BCUT2D eigenvalue weighted by Crippen LogP contribution is -2.28.